The summed E-state index contributed by atoms with van der Waals surface area (Å²) in [6.07, 6.45) is 2.39. The van der Waals surface area contributed by atoms with Crippen LogP contribution >= 0.6 is 11.3 Å². The third-order valence-corrected chi connectivity index (χ3v) is 5.66. The van der Waals surface area contributed by atoms with Gasteiger partial charge >= 0.3 is 0 Å². The predicted octanol–water partition coefficient (Wildman–Crippen LogP) is 3.27. The molecule has 2 bridgehead atoms. The first-order chi connectivity index (χ1) is 11.2. The minimum atomic E-state index is -0.000717. The van der Waals surface area contributed by atoms with Gasteiger partial charge in [-0.3, -0.25) is 4.79 Å². The van der Waals surface area contributed by atoms with Gasteiger partial charge in [-0.25, -0.2) is 0 Å². The number of fused-ring (bicyclic) bond motifs is 3. The number of nitrogens with zero attached hydrogens (tertiary/aromatic N) is 1. The number of furan rings is 1. The molecule has 6 heteroatoms. The van der Waals surface area contributed by atoms with E-state index in [-0.39, 0.29) is 11.9 Å². The van der Waals surface area contributed by atoms with Gasteiger partial charge < -0.3 is 19.4 Å². The Balaban J connectivity index is 1.39. The van der Waals surface area contributed by atoms with Crippen molar-refractivity contribution in [2.45, 2.75) is 25.8 Å². The van der Waals surface area contributed by atoms with E-state index >= 15 is 0 Å². The molecule has 3 aliphatic heterocycles. The summed E-state index contributed by atoms with van der Waals surface area (Å²) in [4.78, 5) is 15.6. The molecular weight excluding hydrogens is 312 g/mol. The first-order valence-electron chi connectivity index (χ1n) is 8.05. The number of nitrogens with one attached hydrogen (secondary N) is 1. The second-order valence-electron chi connectivity index (χ2n) is 6.30. The SMILES string of the molecule is Cc1ccc(Oc2ccc(C(=O)N[C@H]3CN4CCC3CC4)s2)o1. The Kier molecular flexibility index (Phi) is 3.87. The van der Waals surface area contributed by atoms with E-state index in [2.05, 4.69) is 10.2 Å². The summed E-state index contributed by atoms with van der Waals surface area (Å²) in [7, 11) is 0. The molecule has 0 aromatic carbocycles. The molecule has 3 saturated heterocycles. The van der Waals surface area contributed by atoms with Gasteiger partial charge in [-0.05, 0) is 57.0 Å². The topological polar surface area (TPSA) is 54.7 Å². The third-order valence-electron chi connectivity index (χ3n) is 4.69. The second-order valence-corrected chi connectivity index (χ2v) is 7.35. The molecule has 5 rings (SSSR count). The van der Waals surface area contributed by atoms with Gasteiger partial charge in [0.25, 0.3) is 11.9 Å². The number of piperidine rings is 3. The van der Waals surface area contributed by atoms with Crippen molar-refractivity contribution >= 4 is 17.2 Å². The molecule has 5 heterocycles. The van der Waals surface area contributed by atoms with Crippen LogP contribution in [0.5, 0.6) is 11.0 Å². The molecule has 23 heavy (non-hydrogen) atoms. The van der Waals surface area contributed by atoms with Gasteiger partial charge in [-0.1, -0.05) is 11.3 Å². The van der Waals surface area contributed by atoms with Crippen molar-refractivity contribution < 1.29 is 13.9 Å². The van der Waals surface area contributed by atoms with E-state index in [4.69, 9.17) is 9.15 Å². The van der Waals surface area contributed by atoms with Crippen molar-refractivity contribution in [2.75, 3.05) is 19.6 Å². The molecule has 0 radical (unpaired) electrons. The van der Waals surface area contributed by atoms with Crippen LogP contribution in [0.1, 0.15) is 28.3 Å². The molecule has 1 atom stereocenters. The first kappa shape index (κ1) is 14.8. The molecule has 2 aromatic rings. The fourth-order valence-electron chi connectivity index (χ4n) is 3.43. The molecule has 0 unspecified atom stereocenters. The summed E-state index contributed by atoms with van der Waals surface area (Å²) in [5.74, 6) is 1.88. The summed E-state index contributed by atoms with van der Waals surface area (Å²) in [6, 6.07) is 7.54. The Labute approximate surface area is 139 Å². The molecular formula is C17H20N2O3S. The first-order valence-corrected chi connectivity index (χ1v) is 8.86. The molecule has 1 N–H and O–H groups in total. The fraction of sp³-hybridized carbons (Fsp3) is 0.471. The zero-order valence-electron chi connectivity index (χ0n) is 13.1. The fourth-order valence-corrected chi connectivity index (χ4v) is 4.20. The minimum absolute atomic E-state index is 0.000717. The molecule has 3 aliphatic rings. The summed E-state index contributed by atoms with van der Waals surface area (Å²) < 4.78 is 11.0. The maximum absolute atomic E-state index is 12.5. The van der Waals surface area contributed by atoms with E-state index in [1.54, 1.807) is 6.07 Å². The normalized spacial score (nSPS) is 26.2. The van der Waals surface area contributed by atoms with Crippen molar-refractivity contribution in [3.05, 3.63) is 34.9 Å². The van der Waals surface area contributed by atoms with Gasteiger partial charge in [0.15, 0.2) is 5.06 Å². The van der Waals surface area contributed by atoms with Crippen LogP contribution < -0.4 is 10.1 Å². The number of amides is 1. The number of carbonyl (C=O) groups excluding carboxylic acids is 1. The van der Waals surface area contributed by atoms with Crippen LogP contribution in [0.3, 0.4) is 0 Å². The van der Waals surface area contributed by atoms with Gasteiger partial charge in [0.05, 0.1) is 4.88 Å². The summed E-state index contributed by atoms with van der Waals surface area (Å²) >= 11 is 1.35. The molecule has 0 aliphatic carbocycles. The summed E-state index contributed by atoms with van der Waals surface area (Å²) in [6.45, 7) is 5.21. The highest BCUT2D eigenvalue weighted by molar-refractivity contribution is 7.15. The quantitative estimate of drug-likeness (QED) is 0.934. The van der Waals surface area contributed by atoms with Gasteiger partial charge in [0, 0.05) is 18.7 Å². The molecule has 5 nitrogen and oxygen atoms in total. The van der Waals surface area contributed by atoms with Crippen LogP contribution in [0.15, 0.2) is 28.7 Å². The standard InChI is InChI=1S/C17H20N2O3S/c1-11-2-4-15(21-11)22-16-5-3-14(23-16)17(20)18-13-10-19-8-6-12(13)7-9-19/h2-5,12-13H,6-10H2,1H3,(H,18,20)/t13-/m0/s1. The molecule has 1 amide bonds. The van der Waals surface area contributed by atoms with Crippen LogP contribution in [0, 0.1) is 12.8 Å². The van der Waals surface area contributed by atoms with E-state index < -0.39 is 0 Å². The number of aryl methyl sites for hydroxylation is 1. The second kappa shape index (κ2) is 6.02. The molecule has 0 saturated carbocycles. The van der Waals surface area contributed by atoms with Crippen LogP contribution in [0.25, 0.3) is 0 Å². The van der Waals surface area contributed by atoms with Crippen LogP contribution in [0.2, 0.25) is 0 Å². The minimum Gasteiger partial charge on any atom is -0.431 e. The number of ether oxygens (including phenoxy) is 1. The number of hydrogen-bond acceptors (Lipinski definition) is 5. The largest absolute Gasteiger partial charge is 0.431 e. The highest BCUT2D eigenvalue weighted by atomic mass is 32.1. The van der Waals surface area contributed by atoms with E-state index in [0.29, 0.717) is 21.8 Å². The van der Waals surface area contributed by atoms with Gasteiger partial charge in [-0.2, -0.15) is 0 Å². The Hall–Kier alpha value is -1.79. The van der Waals surface area contributed by atoms with E-state index in [1.165, 1.54) is 37.3 Å². The zero-order valence-corrected chi connectivity index (χ0v) is 13.9. The molecule has 122 valence electrons. The predicted molar refractivity (Wildman–Crippen MR) is 88.3 cm³/mol. The number of rotatable bonds is 4. The highest BCUT2D eigenvalue weighted by Crippen LogP contribution is 2.31. The van der Waals surface area contributed by atoms with E-state index in [1.807, 2.05) is 25.1 Å². The molecule has 3 fully saturated rings. The monoisotopic (exact) mass is 332 g/mol. The number of thiophene rings is 1. The average Bonchev–Trinajstić information content (AvgIpc) is 3.18. The lowest BCUT2D eigenvalue weighted by molar-refractivity contribution is 0.0622. The molecule has 0 spiro atoms. The summed E-state index contributed by atoms with van der Waals surface area (Å²) in [5.41, 5.74) is 0. The summed E-state index contributed by atoms with van der Waals surface area (Å²) in [5, 5.41) is 3.86. The third kappa shape index (κ3) is 3.14. The maximum atomic E-state index is 12.5. The van der Waals surface area contributed by atoms with E-state index in [0.717, 1.165) is 12.3 Å². The Morgan fingerprint density at radius 3 is 2.78 bits per heavy atom. The molecule has 2 aromatic heterocycles. The van der Waals surface area contributed by atoms with Crippen molar-refractivity contribution in [1.29, 1.82) is 0 Å². The maximum Gasteiger partial charge on any atom is 0.290 e. The lowest BCUT2D eigenvalue weighted by Crippen LogP contribution is -2.57. The highest BCUT2D eigenvalue weighted by Gasteiger charge is 2.35. The van der Waals surface area contributed by atoms with Crippen LogP contribution in [-0.4, -0.2) is 36.5 Å². The van der Waals surface area contributed by atoms with Gasteiger partial charge in [0.2, 0.25) is 0 Å². The number of hydrogen-bond donors (Lipinski definition) is 1. The lowest BCUT2D eigenvalue weighted by atomic mass is 9.84. The van der Waals surface area contributed by atoms with Crippen LogP contribution in [0.4, 0.5) is 0 Å². The number of carbonyl (C=O) groups is 1. The van der Waals surface area contributed by atoms with Gasteiger partial charge in [-0.15, -0.1) is 0 Å². The van der Waals surface area contributed by atoms with Gasteiger partial charge in [0.1, 0.15) is 5.76 Å². The van der Waals surface area contributed by atoms with Crippen molar-refractivity contribution in [3.8, 4) is 11.0 Å². The van der Waals surface area contributed by atoms with Crippen molar-refractivity contribution in [2.24, 2.45) is 5.92 Å². The lowest BCUT2D eigenvalue weighted by Gasteiger charge is -2.44. The van der Waals surface area contributed by atoms with Crippen molar-refractivity contribution in [1.82, 2.24) is 10.2 Å². The Morgan fingerprint density at radius 1 is 1.30 bits per heavy atom. The van der Waals surface area contributed by atoms with Crippen LogP contribution in [-0.2, 0) is 0 Å². The zero-order chi connectivity index (χ0) is 15.8. The van der Waals surface area contributed by atoms with Crippen molar-refractivity contribution in [3.63, 3.8) is 0 Å². The Morgan fingerprint density at radius 2 is 2.13 bits per heavy atom. The Bertz CT molecular complexity index is 700. The smallest absolute Gasteiger partial charge is 0.290 e. The van der Waals surface area contributed by atoms with E-state index in [9.17, 15) is 4.79 Å². The average molecular weight is 332 g/mol.